The summed E-state index contributed by atoms with van der Waals surface area (Å²) in [6.07, 6.45) is 7.54. The van der Waals surface area contributed by atoms with Crippen molar-refractivity contribution < 1.29 is 9.53 Å². The molecule has 0 radical (unpaired) electrons. The first-order valence-electron chi connectivity index (χ1n) is 10.7. The number of methoxy groups -OCH3 is 1. The third-order valence-electron chi connectivity index (χ3n) is 6.89. The van der Waals surface area contributed by atoms with Crippen molar-refractivity contribution in [3.05, 3.63) is 24.0 Å². The highest BCUT2D eigenvalue weighted by Gasteiger charge is 2.40. The van der Waals surface area contributed by atoms with Crippen LogP contribution in [0.1, 0.15) is 56.7 Å². The lowest BCUT2D eigenvalue weighted by molar-refractivity contribution is -0.122. The van der Waals surface area contributed by atoms with Gasteiger partial charge in [-0.05, 0) is 79.0 Å². The smallest absolute Gasteiger partial charge is 0.227 e. The largest absolute Gasteiger partial charge is 0.494 e. The number of tetrazole rings is 1. The SMILES string of the molecule is COc1ccc(NC(=O)C2CC3CCCC(C2)C3N)cc1-n1nnnc1C1CC1. The Kier molecular flexibility index (Phi) is 4.73. The molecule has 2 bridgehead atoms. The molecule has 3 aliphatic carbocycles. The number of carbonyl (C=O) groups excluding carboxylic acids is 1. The van der Waals surface area contributed by atoms with E-state index in [4.69, 9.17) is 10.5 Å². The lowest BCUT2D eigenvalue weighted by Crippen LogP contribution is -2.48. The first-order chi connectivity index (χ1) is 14.1. The minimum atomic E-state index is 0.0331. The van der Waals surface area contributed by atoms with Gasteiger partial charge in [0.05, 0.1) is 7.11 Å². The van der Waals surface area contributed by atoms with Crippen LogP contribution in [0, 0.1) is 17.8 Å². The lowest BCUT2D eigenvalue weighted by atomic mass is 9.65. The molecule has 2 atom stereocenters. The van der Waals surface area contributed by atoms with Crippen LogP contribution in [0.4, 0.5) is 5.69 Å². The summed E-state index contributed by atoms with van der Waals surface area (Å²) in [6, 6.07) is 5.89. The van der Waals surface area contributed by atoms with E-state index in [9.17, 15) is 4.79 Å². The molecular formula is C21H28N6O2. The van der Waals surface area contributed by atoms with E-state index in [1.165, 1.54) is 6.42 Å². The molecule has 1 heterocycles. The van der Waals surface area contributed by atoms with Gasteiger partial charge in [0, 0.05) is 23.6 Å². The number of nitrogens with two attached hydrogens (primary N) is 1. The number of aromatic nitrogens is 4. The van der Waals surface area contributed by atoms with E-state index in [2.05, 4.69) is 20.8 Å². The van der Waals surface area contributed by atoms with E-state index in [-0.39, 0.29) is 17.9 Å². The number of benzene rings is 1. The van der Waals surface area contributed by atoms with Crippen molar-refractivity contribution in [3.63, 3.8) is 0 Å². The van der Waals surface area contributed by atoms with E-state index in [1.807, 2.05) is 18.2 Å². The summed E-state index contributed by atoms with van der Waals surface area (Å²) in [7, 11) is 1.63. The lowest BCUT2D eigenvalue weighted by Gasteiger charge is -2.43. The Labute approximate surface area is 170 Å². The first kappa shape index (κ1) is 18.5. The Morgan fingerprint density at radius 3 is 2.66 bits per heavy atom. The fourth-order valence-corrected chi connectivity index (χ4v) is 5.14. The van der Waals surface area contributed by atoms with Crippen LogP contribution in [0.15, 0.2) is 18.2 Å². The normalized spacial score (nSPS) is 28.8. The summed E-state index contributed by atoms with van der Waals surface area (Å²) in [6.45, 7) is 0. The molecule has 8 nitrogen and oxygen atoms in total. The van der Waals surface area contributed by atoms with Crippen LogP contribution < -0.4 is 15.8 Å². The van der Waals surface area contributed by atoms with Gasteiger partial charge in [0.15, 0.2) is 5.82 Å². The summed E-state index contributed by atoms with van der Waals surface area (Å²) < 4.78 is 7.25. The van der Waals surface area contributed by atoms with Gasteiger partial charge in [-0.15, -0.1) is 5.10 Å². The average molecular weight is 396 g/mol. The van der Waals surface area contributed by atoms with E-state index >= 15 is 0 Å². The average Bonchev–Trinajstić information content (AvgIpc) is 3.44. The summed E-state index contributed by atoms with van der Waals surface area (Å²) >= 11 is 0. The van der Waals surface area contributed by atoms with Crippen LogP contribution in [0.3, 0.4) is 0 Å². The predicted octanol–water partition coefficient (Wildman–Crippen LogP) is 2.64. The van der Waals surface area contributed by atoms with Gasteiger partial charge in [0.25, 0.3) is 0 Å². The number of anilines is 1. The van der Waals surface area contributed by atoms with Gasteiger partial charge >= 0.3 is 0 Å². The van der Waals surface area contributed by atoms with Crippen LogP contribution in [0.25, 0.3) is 5.69 Å². The second kappa shape index (κ2) is 7.40. The standard InChI is InChI=1S/C21H28N6O2/c1-29-18-8-7-16(11-17(18)27-20(12-5-6-12)24-25-26-27)23-21(28)15-9-13-3-2-4-14(10-15)19(13)22/h7-8,11-15,19H,2-6,9-10,22H2,1H3,(H,23,28). The van der Waals surface area contributed by atoms with Gasteiger partial charge in [-0.2, -0.15) is 4.68 Å². The Hall–Kier alpha value is -2.48. The minimum Gasteiger partial charge on any atom is -0.494 e. The zero-order chi connectivity index (χ0) is 20.0. The summed E-state index contributed by atoms with van der Waals surface area (Å²) in [5.74, 6) is 3.00. The number of carbonyl (C=O) groups is 1. The Morgan fingerprint density at radius 2 is 1.97 bits per heavy atom. The Balaban J connectivity index is 1.36. The summed E-state index contributed by atoms with van der Waals surface area (Å²) in [5.41, 5.74) is 7.87. The zero-order valence-electron chi connectivity index (χ0n) is 16.8. The second-order valence-electron chi connectivity index (χ2n) is 8.80. The molecule has 5 rings (SSSR count). The molecule has 0 aliphatic heterocycles. The van der Waals surface area contributed by atoms with Crippen molar-refractivity contribution in [1.29, 1.82) is 0 Å². The van der Waals surface area contributed by atoms with Gasteiger partial charge in [-0.1, -0.05) is 6.42 Å². The molecule has 1 aromatic heterocycles. The molecule has 3 fully saturated rings. The molecule has 0 spiro atoms. The number of amides is 1. The Bertz CT molecular complexity index is 894. The molecule has 1 aromatic carbocycles. The highest BCUT2D eigenvalue weighted by atomic mass is 16.5. The van der Waals surface area contributed by atoms with Crippen LogP contribution in [0.2, 0.25) is 0 Å². The molecule has 2 unspecified atom stereocenters. The molecule has 0 saturated heterocycles. The maximum Gasteiger partial charge on any atom is 0.227 e. The molecule has 3 aliphatic rings. The number of nitrogens with zero attached hydrogens (tertiary/aromatic N) is 4. The minimum absolute atomic E-state index is 0.0331. The van der Waals surface area contributed by atoms with Crippen molar-refractivity contribution in [2.45, 2.75) is 56.9 Å². The summed E-state index contributed by atoms with van der Waals surface area (Å²) in [5, 5.41) is 15.3. The number of ether oxygens (including phenoxy) is 1. The van der Waals surface area contributed by atoms with Crippen molar-refractivity contribution in [2.24, 2.45) is 23.5 Å². The van der Waals surface area contributed by atoms with Crippen LogP contribution >= 0.6 is 0 Å². The summed E-state index contributed by atoms with van der Waals surface area (Å²) in [4.78, 5) is 13.0. The maximum absolute atomic E-state index is 13.0. The van der Waals surface area contributed by atoms with Gasteiger partial charge in [-0.3, -0.25) is 4.79 Å². The van der Waals surface area contributed by atoms with Crippen LogP contribution in [0.5, 0.6) is 5.75 Å². The number of hydrogen-bond acceptors (Lipinski definition) is 6. The monoisotopic (exact) mass is 396 g/mol. The molecule has 3 saturated carbocycles. The zero-order valence-corrected chi connectivity index (χ0v) is 16.8. The van der Waals surface area contributed by atoms with Gasteiger partial charge in [0.1, 0.15) is 11.4 Å². The van der Waals surface area contributed by atoms with Gasteiger partial charge in [-0.25, -0.2) is 0 Å². The van der Waals surface area contributed by atoms with Crippen molar-refractivity contribution >= 4 is 11.6 Å². The Morgan fingerprint density at radius 1 is 1.21 bits per heavy atom. The number of hydrogen-bond donors (Lipinski definition) is 2. The maximum atomic E-state index is 13.0. The highest BCUT2D eigenvalue weighted by Crippen LogP contribution is 2.43. The second-order valence-corrected chi connectivity index (χ2v) is 8.80. The van der Waals surface area contributed by atoms with Gasteiger partial charge in [0.2, 0.25) is 5.91 Å². The van der Waals surface area contributed by atoms with E-state index < -0.39 is 0 Å². The molecular weight excluding hydrogens is 368 g/mol. The van der Waals surface area contributed by atoms with Crippen LogP contribution in [-0.2, 0) is 4.79 Å². The van der Waals surface area contributed by atoms with Crippen molar-refractivity contribution in [2.75, 3.05) is 12.4 Å². The van der Waals surface area contributed by atoms with E-state index in [0.717, 1.165) is 55.7 Å². The third-order valence-corrected chi connectivity index (χ3v) is 6.89. The van der Waals surface area contributed by atoms with E-state index in [0.29, 0.717) is 23.5 Å². The molecule has 1 amide bonds. The molecule has 3 N–H and O–H groups in total. The third kappa shape index (κ3) is 3.50. The molecule has 8 heteroatoms. The predicted molar refractivity (Wildman–Crippen MR) is 108 cm³/mol. The fourth-order valence-electron chi connectivity index (χ4n) is 5.14. The molecule has 2 aromatic rings. The molecule has 154 valence electrons. The quantitative estimate of drug-likeness (QED) is 0.804. The van der Waals surface area contributed by atoms with Crippen molar-refractivity contribution in [1.82, 2.24) is 20.2 Å². The highest BCUT2D eigenvalue weighted by molar-refractivity contribution is 5.93. The fraction of sp³-hybridized carbons (Fsp3) is 0.619. The topological polar surface area (TPSA) is 108 Å². The van der Waals surface area contributed by atoms with E-state index in [1.54, 1.807) is 11.8 Å². The number of rotatable bonds is 5. The van der Waals surface area contributed by atoms with Crippen LogP contribution in [-0.4, -0.2) is 39.3 Å². The first-order valence-corrected chi connectivity index (χ1v) is 10.7. The van der Waals surface area contributed by atoms with Gasteiger partial charge < -0.3 is 15.8 Å². The number of fused-ring (bicyclic) bond motifs is 2. The van der Waals surface area contributed by atoms with Crippen molar-refractivity contribution in [3.8, 4) is 11.4 Å². The molecule has 29 heavy (non-hydrogen) atoms. The number of nitrogens with one attached hydrogen (secondary N) is 1.